The summed E-state index contributed by atoms with van der Waals surface area (Å²) >= 11 is 0. The van der Waals surface area contributed by atoms with Crippen molar-refractivity contribution in [3.05, 3.63) is 30.5 Å². The highest BCUT2D eigenvalue weighted by Gasteiger charge is 2.28. The number of hydrogen-bond donors (Lipinski definition) is 0. The first-order valence-corrected chi connectivity index (χ1v) is 7.20. The molecule has 114 valence electrons. The van der Waals surface area contributed by atoms with Crippen molar-refractivity contribution >= 4 is 5.91 Å². The van der Waals surface area contributed by atoms with Crippen molar-refractivity contribution in [1.29, 1.82) is 0 Å². The van der Waals surface area contributed by atoms with Crippen molar-refractivity contribution in [1.82, 2.24) is 14.9 Å². The summed E-state index contributed by atoms with van der Waals surface area (Å²) in [6.07, 6.45) is 5.11. The monoisotopic (exact) mass is 293 g/mol. The Morgan fingerprint density at radius 2 is 2.43 bits per heavy atom. The van der Waals surface area contributed by atoms with Crippen LogP contribution < -0.4 is 4.74 Å². The summed E-state index contributed by atoms with van der Waals surface area (Å²) in [4.78, 5) is 21.4. The van der Waals surface area contributed by atoms with Crippen LogP contribution in [-0.2, 0) is 11.2 Å². The summed E-state index contributed by atoms with van der Waals surface area (Å²) in [5.74, 6) is -0.443. The van der Waals surface area contributed by atoms with Crippen molar-refractivity contribution in [3.63, 3.8) is 0 Å². The number of hydrogen-bond acceptors (Lipinski definition) is 4. The van der Waals surface area contributed by atoms with Crippen LogP contribution in [0.5, 0.6) is 5.88 Å². The van der Waals surface area contributed by atoms with E-state index in [4.69, 9.17) is 4.74 Å². The fourth-order valence-electron chi connectivity index (χ4n) is 2.31. The predicted octanol–water partition coefficient (Wildman–Crippen LogP) is 2.12. The van der Waals surface area contributed by atoms with Crippen LogP contribution in [0.15, 0.2) is 19.0 Å². The zero-order valence-electron chi connectivity index (χ0n) is 12.2. The smallest absolute Gasteiger partial charge is 0.254 e. The van der Waals surface area contributed by atoms with E-state index < -0.39 is 5.82 Å². The van der Waals surface area contributed by atoms with E-state index >= 15 is 0 Å². The molecule has 5 nitrogen and oxygen atoms in total. The molecular weight excluding hydrogens is 273 g/mol. The summed E-state index contributed by atoms with van der Waals surface area (Å²) in [7, 11) is 0. The van der Waals surface area contributed by atoms with Crippen LogP contribution in [0, 0.1) is 5.82 Å². The number of amides is 1. The second-order valence-electron chi connectivity index (χ2n) is 4.99. The molecule has 1 atom stereocenters. The van der Waals surface area contributed by atoms with Gasteiger partial charge in [-0.1, -0.05) is 13.0 Å². The Bertz CT molecular complexity index is 522. The third-order valence-corrected chi connectivity index (χ3v) is 3.50. The van der Waals surface area contributed by atoms with E-state index in [1.165, 1.54) is 6.33 Å². The Kier molecular flexibility index (Phi) is 5.25. The zero-order valence-corrected chi connectivity index (χ0v) is 12.2. The van der Waals surface area contributed by atoms with Crippen molar-refractivity contribution in [2.45, 2.75) is 38.7 Å². The maximum absolute atomic E-state index is 14.0. The van der Waals surface area contributed by atoms with Gasteiger partial charge < -0.3 is 9.64 Å². The Hall–Kier alpha value is -1.98. The molecule has 1 saturated heterocycles. The molecule has 6 heteroatoms. The molecule has 1 fully saturated rings. The van der Waals surface area contributed by atoms with Crippen molar-refractivity contribution in [2.24, 2.45) is 0 Å². The second kappa shape index (κ2) is 7.15. The first-order chi connectivity index (χ1) is 10.2. The highest BCUT2D eigenvalue weighted by molar-refractivity contribution is 5.76. The topological polar surface area (TPSA) is 55.3 Å². The standard InChI is InChI=1S/C15H20FN3O2/c1-3-5-6-13(20)19-8-7-11(9-19)21-15-14(16)12(4-2)17-10-18-15/h3,10-11H,1,4-9H2,2H3/t11-/m1/s1. The van der Waals surface area contributed by atoms with E-state index in [2.05, 4.69) is 16.5 Å². The second-order valence-corrected chi connectivity index (χ2v) is 4.99. The minimum atomic E-state index is -0.503. The number of rotatable bonds is 6. The average molecular weight is 293 g/mol. The van der Waals surface area contributed by atoms with E-state index in [1.807, 2.05) is 6.92 Å². The lowest BCUT2D eigenvalue weighted by atomic mass is 10.3. The number of likely N-dealkylation sites (tertiary alicyclic amines) is 1. The molecule has 0 spiro atoms. The lowest BCUT2D eigenvalue weighted by Gasteiger charge is -2.17. The molecule has 0 saturated carbocycles. The third kappa shape index (κ3) is 3.77. The van der Waals surface area contributed by atoms with Crippen LogP contribution >= 0.6 is 0 Å². The number of nitrogens with zero attached hydrogens (tertiary/aromatic N) is 3. The van der Waals surface area contributed by atoms with E-state index in [0.717, 1.165) is 0 Å². The fraction of sp³-hybridized carbons (Fsp3) is 0.533. The molecule has 1 aliphatic rings. The van der Waals surface area contributed by atoms with E-state index in [-0.39, 0.29) is 17.9 Å². The normalized spacial score (nSPS) is 17.8. The largest absolute Gasteiger partial charge is 0.470 e. The van der Waals surface area contributed by atoms with Gasteiger partial charge in [0.05, 0.1) is 12.2 Å². The highest BCUT2D eigenvalue weighted by atomic mass is 19.1. The van der Waals surface area contributed by atoms with Gasteiger partial charge in [-0.2, -0.15) is 9.37 Å². The van der Waals surface area contributed by atoms with Crippen LogP contribution in [0.25, 0.3) is 0 Å². The molecule has 1 aliphatic heterocycles. The average Bonchev–Trinajstić information content (AvgIpc) is 2.95. The minimum Gasteiger partial charge on any atom is -0.470 e. The molecular formula is C15H20FN3O2. The van der Waals surface area contributed by atoms with Gasteiger partial charge in [0.15, 0.2) is 0 Å². The predicted molar refractivity (Wildman–Crippen MR) is 76.4 cm³/mol. The molecule has 0 radical (unpaired) electrons. The number of aromatic nitrogens is 2. The van der Waals surface area contributed by atoms with Crippen molar-refractivity contribution in [3.8, 4) is 5.88 Å². The molecule has 2 rings (SSSR count). The maximum Gasteiger partial charge on any atom is 0.254 e. The first-order valence-electron chi connectivity index (χ1n) is 7.20. The van der Waals surface area contributed by atoms with Crippen LogP contribution in [0.2, 0.25) is 0 Å². The minimum absolute atomic E-state index is 0.0211. The molecule has 0 bridgehead atoms. The number of allylic oxidation sites excluding steroid dienone is 1. The van der Waals surface area contributed by atoms with Crippen molar-refractivity contribution in [2.75, 3.05) is 13.1 Å². The molecule has 21 heavy (non-hydrogen) atoms. The van der Waals surface area contributed by atoms with E-state index in [1.54, 1.807) is 11.0 Å². The van der Waals surface area contributed by atoms with Gasteiger partial charge >= 0.3 is 0 Å². The quantitative estimate of drug-likeness (QED) is 0.754. The Morgan fingerprint density at radius 3 is 3.14 bits per heavy atom. The Morgan fingerprint density at radius 1 is 1.62 bits per heavy atom. The Labute approximate surface area is 123 Å². The van der Waals surface area contributed by atoms with Crippen molar-refractivity contribution < 1.29 is 13.9 Å². The number of carbonyl (C=O) groups excluding carboxylic acids is 1. The van der Waals surface area contributed by atoms with E-state index in [0.29, 0.717) is 44.5 Å². The molecule has 1 amide bonds. The lowest BCUT2D eigenvalue weighted by molar-refractivity contribution is -0.130. The molecule has 0 aliphatic carbocycles. The first kappa shape index (κ1) is 15.4. The fourth-order valence-corrected chi connectivity index (χ4v) is 2.31. The summed E-state index contributed by atoms with van der Waals surface area (Å²) in [5.41, 5.74) is 0.344. The molecule has 1 aromatic heterocycles. The maximum atomic E-state index is 14.0. The summed E-state index contributed by atoms with van der Waals surface area (Å²) in [5, 5.41) is 0. The van der Waals surface area contributed by atoms with Gasteiger partial charge in [0.2, 0.25) is 11.7 Å². The number of aryl methyl sites for hydroxylation is 1. The van der Waals surface area contributed by atoms with E-state index in [9.17, 15) is 9.18 Å². The van der Waals surface area contributed by atoms with Crippen LogP contribution in [0.1, 0.15) is 31.9 Å². The zero-order chi connectivity index (χ0) is 15.2. The van der Waals surface area contributed by atoms with Gasteiger partial charge in [0, 0.05) is 19.4 Å². The summed E-state index contributed by atoms with van der Waals surface area (Å²) in [6.45, 7) is 6.53. The summed E-state index contributed by atoms with van der Waals surface area (Å²) < 4.78 is 19.6. The van der Waals surface area contributed by atoms with Crippen LogP contribution in [0.4, 0.5) is 4.39 Å². The molecule has 2 heterocycles. The van der Waals surface area contributed by atoms with Gasteiger partial charge in [-0.25, -0.2) is 4.98 Å². The molecule has 0 N–H and O–H groups in total. The van der Waals surface area contributed by atoms with Gasteiger partial charge in [-0.15, -0.1) is 6.58 Å². The highest BCUT2D eigenvalue weighted by Crippen LogP contribution is 2.21. The molecule has 0 unspecified atom stereocenters. The van der Waals surface area contributed by atoms with Gasteiger partial charge in [0.1, 0.15) is 12.4 Å². The van der Waals surface area contributed by atoms with Gasteiger partial charge in [0.25, 0.3) is 5.88 Å². The van der Waals surface area contributed by atoms with Gasteiger partial charge in [-0.3, -0.25) is 4.79 Å². The Balaban J connectivity index is 1.94. The number of carbonyl (C=O) groups is 1. The lowest BCUT2D eigenvalue weighted by Crippen LogP contribution is -2.30. The molecule has 1 aromatic rings. The summed E-state index contributed by atoms with van der Waals surface area (Å²) in [6, 6.07) is 0. The number of halogens is 1. The third-order valence-electron chi connectivity index (χ3n) is 3.50. The van der Waals surface area contributed by atoms with Crippen LogP contribution in [0.3, 0.4) is 0 Å². The molecule has 0 aromatic carbocycles. The van der Waals surface area contributed by atoms with Gasteiger partial charge in [-0.05, 0) is 12.8 Å². The van der Waals surface area contributed by atoms with Crippen LogP contribution in [-0.4, -0.2) is 40.0 Å². The SMILES string of the molecule is C=CCCC(=O)N1CC[C@@H](Oc2ncnc(CC)c2F)C1. The number of ether oxygens (including phenoxy) is 1.